The van der Waals surface area contributed by atoms with Gasteiger partial charge in [0, 0.05) is 18.2 Å². The minimum Gasteiger partial charge on any atom is -0.493 e. The van der Waals surface area contributed by atoms with Crippen LogP contribution in [0.25, 0.3) is 10.9 Å². The summed E-state index contributed by atoms with van der Waals surface area (Å²) in [7, 11) is 4.88. The first-order valence-electron chi connectivity index (χ1n) is 8.08. The van der Waals surface area contributed by atoms with Crippen LogP contribution in [0.5, 0.6) is 11.5 Å². The highest BCUT2D eigenvalue weighted by atomic mass is 19.1. The van der Waals surface area contributed by atoms with Crippen LogP contribution in [0.4, 0.5) is 4.39 Å². The van der Waals surface area contributed by atoms with Gasteiger partial charge >= 0.3 is 0 Å². The van der Waals surface area contributed by atoms with Gasteiger partial charge < -0.3 is 14.5 Å². The summed E-state index contributed by atoms with van der Waals surface area (Å²) in [6.07, 6.45) is 0. The van der Waals surface area contributed by atoms with Crippen LogP contribution in [0.1, 0.15) is 11.4 Å². The van der Waals surface area contributed by atoms with Gasteiger partial charge in [-0.3, -0.25) is 9.69 Å². The van der Waals surface area contributed by atoms with Crippen molar-refractivity contribution in [3.05, 3.63) is 64.0 Å². The van der Waals surface area contributed by atoms with Crippen LogP contribution < -0.4 is 15.0 Å². The minimum atomic E-state index is -0.259. The van der Waals surface area contributed by atoms with Crippen molar-refractivity contribution in [3.63, 3.8) is 0 Å². The SMILES string of the molecule is COc1cc2nc(CN(C)Cc3ccccc3F)[nH]c(=O)c2cc1OC. The van der Waals surface area contributed by atoms with E-state index in [1.165, 1.54) is 20.3 Å². The van der Waals surface area contributed by atoms with E-state index in [0.717, 1.165) is 0 Å². The van der Waals surface area contributed by atoms with E-state index in [9.17, 15) is 9.18 Å². The van der Waals surface area contributed by atoms with Gasteiger partial charge in [-0.2, -0.15) is 0 Å². The van der Waals surface area contributed by atoms with Gasteiger partial charge in [-0.25, -0.2) is 9.37 Å². The molecule has 3 rings (SSSR count). The number of methoxy groups -OCH3 is 2. The molecule has 0 aliphatic heterocycles. The van der Waals surface area contributed by atoms with E-state index in [-0.39, 0.29) is 11.4 Å². The molecule has 26 heavy (non-hydrogen) atoms. The Hall–Kier alpha value is -2.93. The summed E-state index contributed by atoms with van der Waals surface area (Å²) >= 11 is 0. The molecule has 0 fully saturated rings. The van der Waals surface area contributed by atoms with E-state index < -0.39 is 0 Å². The third-order valence-corrected chi connectivity index (χ3v) is 4.08. The monoisotopic (exact) mass is 357 g/mol. The predicted octanol–water partition coefficient (Wildman–Crippen LogP) is 2.71. The van der Waals surface area contributed by atoms with Crippen LogP contribution in [0.3, 0.4) is 0 Å². The van der Waals surface area contributed by atoms with Gasteiger partial charge in [-0.15, -0.1) is 0 Å². The lowest BCUT2D eigenvalue weighted by atomic mass is 10.2. The van der Waals surface area contributed by atoms with Gasteiger partial charge in [0.05, 0.1) is 31.7 Å². The Kier molecular flexibility index (Phi) is 5.18. The number of H-pyrrole nitrogens is 1. The van der Waals surface area contributed by atoms with Gasteiger partial charge in [-0.05, 0) is 19.2 Å². The summed E-state index contributed by atoms with van der Waals surface area (Å²) < 4.78 is 24.3. The van der Waals surface area contributed by atoms with Crippen molar-refractivity contribution in [1.82, 2.24) is 14.9 Å². The molecule has 7 heteroatoms. The number of aromatic nitrogens is 2. The molecule has 0 spiro atoms. The number of ether oxygens (including phenoxy) is 2. The maximum absolute atomic E-state index is 13.8. The predicted molar refractivity (Wildman–Crippen MR) is 97.0 cm³/mol. The Bertz CT molecular complexity index is 987. The molecule has 136 valence electrons. The molecule has 0 bridgehead atoms. The van der Waals surface area contributed by atoms with E-state index in [1.54, 1.807) is 30.3 Å². The van der Waals surface area contributed by atoms with E-state index in [1.807, 2.05) is 11.9 Å². The van der Waals surface area contributed by atoms with Gasteiger partial charge in [0.2, 0.25) is 0 Å². The number of halogens is 1. The molecule has 0 unspecified atom stereocenters. The zero-order valence-electron chi connectivity index (χ0n) is 14.9. The van der Waals surface area contributed by atoms with Crippen LogP contribution in [0.15, 0.2) is 41.2 Å². The third kappa shape index (κ3) is 3.67. The molecule has 2 aromatic carbocycles. The van der Waals surface area contributed by atoms with Crippen LogP contribution >= 0.6 is 0 Å². The Morgan fingerprint density at radius 1 is 1.12 bits per heavy atom. The highest BCUT2D eigenvalue weighted by Crippen LogP contribution is 2.29. The first-order chi connectivity index (χ1) is 12.5. The average molecular weight is 357 g/mol. The fraction of sp³-hybridized carbons (Fsp3) is 0.263. The fourth-order valence-electron chi connectivity index (χ4n) is 2.82. The van der Waals surface area contributed by atoms with Crippen LogP contribution in [0.2, 0.25) is 0 Å². The number of nitrogens with zero attached hydrogens (tertiary/aromatic N) is 2. The normalized spacial score (nSPS) is 11.1. The van der Waals surface area contributed by atoms with Crippen molar-refractivity contribution in [2.45, 2.75) is 13.1 Å². The number of hydrogen-bond acceptors (Lipinski definition) is 5. The largest absolute Gasteiger partial charge is 0.493 e. The van der Waals surface area contributed by atoms with Gasteiger partial charge in [0.25, 0.3) is 5.56 Å². The second kappa shape index (κ2) is 7.53. The molecule has 1 aromatic heterocycles. The van der Waals surface area contributed by atoms with E-state index in [4.69, 9.17) is 9.47 Å². The number of rotatable bonds is 6. The maximum atomic E-state index is 13.8. The zero-order valence-corrected chi connectivity index (χ0v) is 14.9. The van der Waals surface area contributed by atoms with Gasteiger partial charge in [0.1, 0.15) is 11.6 Å². The number of hydrogen-bond donors (Lipinski definition) is 1. The molecule has 0 aliphatic rings. The van der Waals surface area contributed by atoms with E-state index in [0.29, 0.717) is 46.9 Å². The van der Waals surface area contributed by atoms with Crippen molar-refractivity contribution < 1.29 is 13.9 Å². The number of benzene rings is 2. The van der Waals surface area contributed by atoms with Crippen LogP contribution in [-0.2, 0) is 13.1 Å². The molecule has 0 aliphatic carbocycles. The molecule has 3 aromatic rings. The molecule has 6 nitrogen and oxygen atoms in total. The fourth-order valence-corrected chi connectivity index (χ4v) is 2.82. The quantitative estimate of drug-likeness (QED) is 0.735. The van der Waals surface area contributed by atoms with Crippen molar-refractivity contribution in [3.8, 4) is 11.5 Å². The summed E-state index contributed by atoms with van der Waals surface area (Å²) in [6, 6.07) is 9.89. The lowest BCUT2D eigenvalue weighted by Gasteiger charge is -2.17. The molecule has 0 saturated carbocycles. The summed E-state index contributed by atoms with van der Waals surface area (Å²) in [5, 5.41) is 0.420. The number of nitrogens with one attached hydrogen (secondary N) is 1. The highest BCUT2D eigenvalue weighted by Gasteiger charge is 2.12. The van der Waals surface area contributed by atoms with E-state index >= 15 is 0 Å². The van der Waals surface area contributed by atoms with Gasteiger partial charge in [0.15, 0.2) is 11.5 Å². The smallest absolute Gasteiger partial charge is 0.258 e. The topological polar surface area (TPSA) is 67.5 Å². The molecule has 0 amide bonds. The summed E-state index contributed by atoms with van der Waals surface area (Å²) in [4.78, 5) is 21.5. The molecule has 1 heterocycles. The summed E-state index contributed by atoms with van der Waals surface area (Å²) in [6.45, 7) is 0.772. The minimum absolute atomic E-state index is 0.254. The molecular formula is C19H20FN3O3. The van der Waals surface area contributed by atoms with Crippen molar-refractivity contribution in [2.24, 2.45) is 0 Å². The van der Waals surface area contributed by atoms with Crippen LogP contribution in [0, 0.1) is 5.82 Å². The Morgan fingerprint density at radius 3 is 2.50 bits per heavy atom. The highest BCUT2D eigenvalue weighted by molar-refractivity contribution is 5.81. The Labute approximate surface area is 150 Å². The Morgan fingerprint density at radius 2 is 1.81 bits per heavy atom. The van der Waals surface area contributed by atoms with Crippen molar-refractivity contribution >= 4 is 10.9 Å². The third-order valence-electron chi connectivity index (χ3n) is 4.08. The van der Waals surface area contributed by atoms with Gasteiger partial charge in [-0.1, -0.05) is 18.2 Å². The lowest BCUT2D eigenvalue weighted by molar-refractivity contribution is 0.305. The molecule has 0 atom stereocenters. The lowest BCUT2D eigenvalue weighted by Crippen LogP contribution is -2.22. The standard InChI is InChI=1S/C19H20FN3O3/c1-23(10-12-6-4-5-7-14(12)20)11-18-21-15-9-17(26-3)16(25-2)8-13(15)19(24)22-18/h4-9H,10-11H2,1-3H3,(H,21,22,24). The van der Waals surface area contributed by atoms with Crippen LogP contribution in [-0.4, -0.2) is 36.1 Å². The average Bonchev–Trinajstić information content (AvgIpc) is 2.62. The first-order valence-corrected chi connectivity index (χ1v) is 8.08. The summed E-state index contributed by atoms with van der Waals surface area (Å²) in [5.41, 5.74) is 0.843. The molecule has 1 N–H and O–H groups in total. The molecule has 0 radical (unpaired) electrons. The second-order valence-electron chi connectivity index (χ2n) is 6.00. The van der Waals surface area contributed by atoms with Crippen molar-refractivity contribution in [2.75, 3.05) is 21.3 Å². The maximum Gasteiger partial charge on any atom is 0.258 e. The van der Waals surface area contributed by atoms with E-state index in [2.05, 4.69) is 9.97 Å². The Balaban J connectivity index is 1.88. The molecule has 0 saturated heterocycles. The molecular weight excluding hydrogens is 337 g/mol. The number of aromatic amines is 1. The second-order valence-corrected chi connectivity index (χ2v) is 6.00. The first kappa shape index (κ1) is 17.9. The summed E-state index contributed by atoms with van der Waals surface area (Å²) in [5.74, 6) is 1.21. The number of fused-ring (bicyclic) bond motifs is 1. The van der Waals surface area contributed by atoms with Crippen molar-refractivity contribution in [1.29, 1.82) is 0 Å². The zero-order chi connectivity index (χ0) is 18.7.